The molecule has 2 unspecified atom stereocenters. The van der Waals surface area contributed by atoms with E-state index in [0.29, 0.717) is 6.42 Å². The molecule has 0 radical (unpaired) electrons. The molecule has 3 rings (SSSR count). The van der Waals surface area contributed by atoms with E-state index in [4.69, 9.17) is 0 Å². The van der Waals surface area contributed by atoms with Gasteiger partial charge < -0.3 is 4.90 Å². The number of nitrogens with zero attached hydrogens (tertiary/aromatic N) is 1. The number of likely N-dealkylation sites (N-methyl/N-ethyl adjacent to an activating group) is 1. The zero-order valence-electron chi connectivity index (χ0n) is 14.6. The van der Waals surface area contributed by atoms with Gasteiger partial charge in [0.05, 0.1) is 5.56 Å². The predicted molar refractivity (Wildman–Crippen MR) is 91.7 cm³/mol. The maximum absolute atomic E-state index is 13.1. The summed E-state index contributed by atoms with van der Waals surface area (Å²) in [5, 5.41) is 0. The molecule has 144 valence electrons. The van der Waals surface area contributed by atoms with Crippen LogP contribution < -0.4 is 10.9 Å². The van der Waals surface area contributed by atoms with Crippen molar-refractivity contribution in [3.8, 4) is 0 Å². The van der Waals surface area contributed by atoms with Gasteiger partial charge in [0.2, 0.25) is 5.91 Å². The van der Waals surface area contributed by atoms with Crippen molar-refractivity contribution < 1.29 is 22.4 Å². The Balaban J connectivity index is 1.66. The molecular formula is C19H19F4N3O. The molecule has 1 heterocycles. The monoisotopic (exact) mass is 381 g/mol. The number of carbonyl (C=O) groups excluding carboxylic acids is 1. The van der Waals surface area contributed by atoms with Crippen molar-refractivity contribution >= 4 is 5.91 Å². The largest absolute Gasteiger partial charge is 0.416 e. The molecule has 2 aromatic carbocycles. The average molecular weight is 381 g/mol. The molecule has 8 heteroatoms. The minimum absolute atomic E-state index is 0.0434. The van der Waals surface area contributed by atoms with E-state index >= 15 is 0 Å². The third kappa shape index (κ3) is 4.45. The molecule has 0 spiro atoms. The molecule has 1 fully saturated rings. The van der Waals surface area contributed by atoms with Crippen molar-refractivity contribution in [3.63, 3.8) is 0 Å². The van der Waals surface area contributed by atoms with Gasteiger partial charge in [-0.2, -0.15) is 13.2 Å². The lowest BCUT2D eigenvalue weighted by Crippen LogP contribution is -2.43. The van der Waals surface area contributed by atoms with Crippen LogP contribution in [0.2, 0.25) is 0 Å². The summed E-state index contributed by atoms with van der Waals surface area (Å²) in [6.45, 7) is -0.145. The van der Waals surface area contributed by atoms with Crippen LogP contribution in [0.25, 0.3) is 0 Å². The second-order valence-electron chi connectivity index (χ2n) is 6.53. The summed E-state index contributed by atoms with van der Waals surface area (Å²) in [6.07, 6.45) is -4.06. The minimum atomic E-state index is -4.47. The first-order valence-corrected chi connectivity index (χ1v) is 8.42. The van der Waals surface area contributed by atoms with E-state index in [2.05, 4.69) is 10.9 Å². The third-order valence-electron chi connectivity index (χ3n) is 4.58. The molecule has 2 atom stereocenters. The van der Waals surface area contributed by atoms with Crippen molar-refractivity contribution in [1.82, 2.24) is 15.8 Å². The number of benzene rings is 2. The van der Waals surface area contributed by atoms with Gasteiger partial charge in [0.1, 0.15) is 11.9 Å². The van der Waals surface area contributed by atoms with Crippen molar-refractivity contribution in [3.05, 3.63) is 71.0 Å². The molecule has 2 aromatic rings. The number of hydrogen-bond donors (Lipinski definition) is 2. The lowest BCUT2D eigenvalue weighted by molar-refractivity contribution is -0.139. The van der Waals surface area contributed by atoms with Crippen molar-refractivity contribution in [2.75, 3.05) is 7.05 Å². The molecule has 1 aliphatic rings. The lowest BCUT2D eigenvalue weighted by atomic mass is 10.0. The van der Waals surface area contributed by atoms with Gasteiger partial charge in [-0.1, -0.05) is 30.3 Å². The molecular weight excluding hydrogens is 362 g/mol. The number of amides is 1. The zero-order chi connectivity index (χ0) is 19.6. The van der Waals surface area contributed by atoms with Gasteiger partial charge in [-0.05, 0) is 35.7 Å². The highest BCUT2D eigenvalue weighted by Gasteiger charge is 2.35. The van der Waals surface area contributed by atoms with Crippen LogP contribution in [0.15, 0.2) is 48.5 Å². The molecule has 0 aliphatic carbocycles. The van der Waals surface area contributed by atoms with Gasteiger partial charge in [0, 0.05) is 19.6 Å². The second kappa shape index (κ2) is 7.66. The summed E-state index contributed by atoms with van der Waals surface area (Å²) in [7, 11) is 1.47. The smallest absolute Gasteiger partial charge is 0.340 e. The van der Waals surface area contributed by atoms with Crippen LogP contribution in [-0.2, 0) is 17.5 Å². The topological polar surface area (TPSA) is 44.4 Å². The van der Waals surface area contributed by atoms with Gasteiger partial charge in [0.25, 0.3) is 0 Å². The number of alkyl halides is 3. The van der Waals surface area contributed by atoms with Crippen molar-refractivity contribution in [1.29, 1.82) is 0 Å². The average Bonchev–Trinajstić information content (AvgIpc) is 3.11. The van der Waals surface area contributed by atoms with Crippen LogP contribution >= 0.6 is 0 Å². The van der Waals surface area contributed by atoms with Crippen LogP contribution in [0.5, 0.6) is 0 Å². The summed E-state index contributed by atoms with van der Waals surface area (Å²) in [6, 6.07) is 10.4. The molecule has 0 bridgehead atoms. The third-order valence-corrected chi connectivity index (χ3v) is 4.58. The number of carbonyl (C=O) groups is 1. The van der Waals surface area contributed by atoms with E-state index in [-0.39, 0.29) is 29.9 Å². The Hall–Kier alpha value is -2.45. The van der Waals surface area contributed by atoms with E-state index in [1.807, 2.05) is 0 Å². The summed E-state index contributed by atoms with van der Waals surface area (Å²) in [4.78, 5) is 13.9. The Bertz CT molecular complexity index is 807. The maximum Gasteiger partial charge on any atom is 0.416 e. The molecule has 1 amide bonds. The molecule has 1 saturated heterocycles. The highest BCUT2D eigenvalue weighted by Crippen LogP contribution is 2.32. The summed E-state index contributed by atoms with van der Waals surface area (Å²) >= 11 is 0. The van der Waals surface area contributed by atoms with Gasteiger partial charge >= 0.3 is 6.18 Å². The second-order valence-corrected chi connectivity index (χ2v) is 6.53. The van der Waals surface area contributed by atoms with Gasteiger partial charge in [-0.25, -0.2) is 15.2 Å². The van der Waals surface area contributed by atoms with Gasteiger partial charge in [-0.3, -0.25) is 4.79 Å². The Labute approximate surface area is 154 Å². The molecule has 0 saturated carbocycles. The number of rotatable bonds is 4. The molecule has 4 nitrogen and oxygen atoms in total. The highest BCUT2D eigenvalue weighted by atomic mass is 19.4. The maximum atomic E-state index is 13.1. The Morgan fingerprint density at radius 2 is 1.78 bits per heavy atom. The SMILES string of the molecule is CN(Cc1ccccc1C(F)(F)F)C(=O)C1CC(c2ccc(F)cc2)NN1. The fourth-order valence-corrected chi connectivity index (χ4v) is 3.17. The van der Waals surface area contributed by atoms with E-state index in [9.17, 15) is 22.4 Å². The van der Waals surface area contributed by atoms with Gasteiger partial charge in [0.15, 0.2) is 0 Å². The van der Waals surface area contributed by atoms with Crippen LogP contribution in [0, 0.1) is 5.82 Å². The minimum Gasteiger partial charge on any atom is -0.340 e. The summed E-state index contributed by atoms with van der Waals surface area (Å²) in [5.74, 6) is -0.663. The van der Waals surface area contributed by atoms with E-state index in [0.717, 1.165) is 11.6 Å². The Morgan fingerprint density at radius 3 is 2.44 bits per heavy atom. The first-order chi connectivity index (χ1) is 12.8. The van der Waals surface area contributed by atoms with Crippen LogP contribution in [0.1, 0.15) is 29.2 Å². The predicted octanol–water partition coefficient (Wildman–Crippen LogP) is 3.41. The highest BCUT2D eigenvalue weighted by molar-refractivity contribution is 5.82. The van der Waals surface area contributed by atoms with Crippen molar-refractivity contribution in [2.45, 2.75) is 31.2 Å². The fourth-order valence-electron chi connectivity index (χ4n) is 3.17. The first-order valence-electron chi connectivity index (χ1n) is 8.42. The summed E-state index contributed by atoms with van der Waals surface area (Å²) in [5.41, 5.74) is 5.97. The van der Waals surface area contributed by atoms with Crippen LogP contribution in [0.4, 0.5) is 17.6 Å². The van der Waals surface area contributed by atoms with E-state index in [1.54, 1.807) is 12.1 Å². The summed E-state index contributed by atoms with van der Waals surface area (Å²) < 4.78 is 52.4. The molecule has 2 N–H and O–H groups in total. The Morgan fingerprint density at radius 1 is 1.11 bits per heavy atom. The number of halogens is 4. The van der Waals surface area contributed by atoms with E-state index < -0.39 is 17.8 Å². The fraction of sp³-hybridized carbons (Fsp3) is 0.316. The normalized spacial score (nSPS) is 19.9. The quantitative estimate of drug-likeness (QED) is 0.798. The van der Waals surface area contributed by atoms with Crippen molar-refractivity contribution in [2.24, 2.45) is 0 Å². The van der Waals surface area contributed by atoms with Gasteiger partial charge in [-0.15, -0.1) is 0 Å². The molecule has 1 aliphatic heterocycles. The van der Waals surface area contributed by atoms with E-state index in [1.165, 1.54) is 42.3 Å². The number of hydrogen-bond acceptors (Lipinski definition) is 3. The van der Waals surface area contributed by atoms with Crippen LogP contribution in [0.3, 0.4) is 0 Å². The molecule has 27 heavy (non-hydrogen) atoms. The number of hydrazine groups is 1. The standard InChI is InChI=1S/C19H19F4N3O/c1-26(11-13-4-2-3-5-15(13)19(21,22)23)18(27)17-10-16(24-25-17)12-6-8-14(20)9-7-12/h2-9,16-17,24-25H,10-11H2,1H3. The van der Waals surface area contributed by atoms with Crippen LogP contribution in [-0.4, -0.2) is 23.9 Å². The zero-order valence-corrected chi connectivity index (χ0v) is 14.6. The first kappa shape index (κ1) is 19.3. The molecule has 0 aromatic heterocycles. The number of nitrogens with one attached hydrogen (secondary N) is 2. The Kier molecular flexibility index (Phi) is 5.48. The lowest BCUT2D eigenvalue weighted by Gasteiger charge is -2.22.